The molecule has 3 heteroatoms. The van der Waals surface area contributed by atoms with Crippen LogP contribution in [0.15, 0.2) is 29.8 Å². The Balaban J connectivity index is 1.46. The van der Waals surface area contributed by atoms with Crippen LogP contribution in [0.3, 0.4) is 0 Å². The predicted octanol–water partition coefficient (Wildman–Crippen LogP) is 4.34. The summed E-state index contributed by atoms with van der Waals surface area (Å²) in [5.74, 6) is 0.789. The molecule has 0 bridgehead atoms. The maximum Gasteiger partial charge on any atom is 0.260 e. The van der Waals surface area contributed by atoms with Crippen molar-refractivity contribution >= 4 is 5.91 Å². The number of benzene rings is 1. The minimum absolute atomic E-state index is 0.0240. The topological polar surface area (TPSA) is 38.3 Å². The molecule has 1 amide bonds. The molecule has 1 aromatic carbocycles. The smallest absolute Gasteiger partial charge is 0.260 e. The quantitative estimate of drug-likeness (QED) is 0.789. The summed E-state index contributed by atoms with van der Waals surface area (Å²) in [5, 5.41) is 3.01. The van der Waals surface area contributed by atoms with Crippen molar-refractivity contribution in [1.82, 2.24) is 5.32 Å². The third-order valence-corrected chi connectivity index (χ3v) is 5.13. The van der Waals surface area contributed by atoms with Gasteiger partial charge in [-0.15, -0.1) is 0 Å². The number of amides is 1. The second-order valence-corrected chi connectivity index (χ2v) is 7.05. The highest BCUT2D eigenvalue weighted by Crippen LogP contribution is 2.26. The number of rotatable bonds is 6. The minimum Gasteiger partial charge on any atom is -0.481 e. The Hall–Kier alpha value is -1.77. The molecular formula is C21H29NO2. The molecule has 2 aliphatic carbocycles. The second-order valence-electron chi connectivity index (χ2n) is 7.05. The molecule has 24 heavy (non-hydrogen) atoms. The number of hydrogen-bond acceptors (Lipinski definition) is 2. The van der Waals surface area contributed by atoms with E-state index >= 15 is 0 Å². The molecule has 0 saturated heterocycles. The molecule has 2 aliphatic rings. The number of allylic oxidation sites excluding steroid dienone is 1. The number of aryl methyl sites for hydroxylation is 2. The molecule has 0 fully saturated rings. The average molecular weight is 327 g/mol. The van der Waals surface area contributed by atoms with Crippen molar-refractivity contribution in [2.75, 3.05) is 6.54 Å². The number of nitrogens with one attached hydrogen (secondary N) is 1. The molecule has 3 rings (SSSR count). The molecule has 0 spiro atoms. The van der Waals surface area contributed by atoms with E-state index in [1.54, 1.807) is 0 Å². The second kappa shape index (κ2) is 8.36. The SMILES string of the molecule is CC(Oc1ccc2c(c1)CCCC2)C(=O)NCCC1=CCCCC1. The number of fused-ring (bicyclic) bond motifs is 1. The average Bonchev–Trinajstić information content (AvgIpc) is 2.62. The molecule has 1 unspecified atom stereocenters. The molecule has 130 valence electrons. The van der Waals surface area contributed by atoms with E-state index in [0.29, 0.717) is 6.54 Å². The largest absolute Gasteiger partial charge is 0.481 e. The molecule has 0 heterocycles. The van der Waals surface area contributed by atoms with Gasteiger partial charge < -0.3 is 10.1 Å². The van der Waals surface area contributed by atoms with Gasteiger partial charge in [0.25, 0.3) is 5.91 Å². The van der Waals surface area contributed by atoms with Crippen molar-refractivity contribution in [2.24, 2.45) is 0 Å². The van der Waals surface area contributed by atoms with Crippen molar-refractivity contribution in [3.8, 4) is 5.75 Å². The lowest BCUT2D eigenvalue weighted by Gasteiger charge is -2.19. The number of carbonyl (C=O) groups excluding carboxylic acids is 1. The van der Waals surface area contributed by atoms with E-state index in [2.05, 4.69) is 23.5 Å². The third-order valence-electron chi connectivity index (χ3n) is 5.13. The first kappa shape index (κ1) is 17.1. The summed E-state index contributed by atoms with van der Waals surface area (Å²) in [5.41, 5.74) is 4.31. The van der Waals surface area contributed by atoms with Gasteiger partial charge in [-0.05, 0) is 88.0 Å². The lowest BCUT2D eigenvalue weighted by atomic mass is 9.92. The zero-order chi connectivity index (χ0) is 16.8. The molecular weight excluding hydrogens is 298 g/mol. The molecule has 0 radical (unpaired) electrons. The van der Waals surface area contributed by atoms with Crippen LogP contribution >= 0.6 is 0 Å². The zero-order valence-electron chi connectivity index (χ0n) is 14.8. The zero-order valence-corrected chi connectivity index (χ0v) is 14.8. The number of hydrogen-bond donors (Lipinski definition) is 1. The van der Waals surface area contributed by atoms with Gasteiger partial charge in [0, 0.05) is 6.54 Å². The van der Waals surface area contributed by atoms with Gasteiger partial charge in [0.05, 0.1) is 0 Å². The summed E-state index contributed by atoms with van der Waals surface area (Å²) in [6.07, 6.45) is 12.7. The first-order valence-electron chi connectivity index (χ1n) is 9.46. The van der Waals surface area contributed by atoms with E-state index in [4.69, 9.17) is 4.74 Å². The molecule has 3 nitrogen and oxygen atoms in total. The fraction of sp³-hybridized carbons (Fsp3) is 0.571. The maximum atomic E-state index is 12.2. The van der Waals surface area contributed by atoms with Gasteiger partial charge in [0.15, 0.2) is 6.10 Å². The Kier molecular flexibility index (Phi) is 5.95. The molecule has 1 N–H and O–H groups in total. The fourth-order valence-corrected chi connectivity index (χ4v) is 3.66. The lowest BCUT2D eigenvalue weighted by molar-refractivity contribution is -0.127. The first-order valence-corrected chi connectivity index (χ1v) is 9.46. The van der Waals surface area contributed by atoms with Gasteiger partial charge in [-0.25, -0.2) is 0 Å². The van der Waals surface area contributed by atoms with Crippen LogP contribution in [0.2, 0.25) is 0 Å². The first-order chi connectivity index (χ1) is 11.7. The Morgan fingerprint density at radius 3 is 2.71 bits per heavy atom. The summed E-state index contributed by atoms with van der Waals surface area (Å²) in [7, 11) is 0. The van der Waals surface area contributed by atoms with E-state index < -0.39 is 6.10 Å². The summed E-state index contributed by atoms with van der Waals surface area (Å²) in [6, 6.07) is 6.27. The van der Waals surface area contributed by atoms with Crippen molar-refractivity contribution in [2.45, 2.75) is 70.8 Å². The normalized spacial score (nSPS) is 18.3. The Labute approximate surface area is 145 Å². The highest BCUT2D eigenvalue weighted by molar-refractivity contribution is 5.80. The molecule has 0 aliphatic heterocycles. The highest BCUT2D eigenvalue weighted by Gasteiger charge is 2.16. The number of ether oxygens (including phenoxy) is 1. The van der Waals surface area contributed by atoms with Crippen LogP contribution in [0.4, 0.5) is 0 Å². The summed E-state index contributed by atoms with van der Waals surface area (Å²) in [4.78, 5) is 12.2. The highest BCUT2D eigenvalue weighted by atomic mass is 16.5. The van der Waals surface area contributed by atoms with E-state index in [1.807, 2.05) is 13.0 Å². The maximum absolute atomic E-state index is 12.2. The van der Waals surface area contributed by atoms with Gasteiger partial charge in [-0.2, -0.15) is 0 Å². The van der Waals surface area contributed by atoms with Gasteiger partial charge in [-0.1, -0.05) is 17.7 Å². The van der Waals surface area contributed by atoms with Crippen molar-refractivity contribution in [1.29, 1.82) is 0 Å². The van der Waals surface area contributed by atoms with Crippen LogP contribution in [0.1, 0.15) is 63.0 Å². The van der Waals surface area contributed by atoms with E-state index in [0.717, 1.165) is 18.6 Å². The number of carbonyl (C=O) groups is 1. The fourth-order valence-electron chi connectivity index (χ4n) is 3.66. The summed E-state index contributed by atoms with van der Waals surface area (Å²) < 4.78 is 5.86. The van der Waals surface area contributed by atoms with Crippen molar-refractivity contribution < 1.29 is 9.53 Å². The molecule has 1 atom stereocenters. The summed E-state index contributed by atoms with van der Waals surface area (Å²) in [6.45, 7) is 2.54. The van der Waals surface area contributed by atoms with Crippen LogP contribution in [0, 0.1) is 0 Å². The molecule has 0 saturated carbocycles. The van der Waals surface area contributed by atoms with Gasteiger partial charge >= 0.3 is 0 Å². The van der Waals surface area contributed by atoms with E-state index in [1.165, 1.54) is 61.6 Å². The third kappa shape index (κ3) is 4.62. The Morgan fingerprint density at radius 2 is 1.92 bits per heavy atom. The van der Waals surface area contributed by atoms with Crippen molar-refractivity contribution in [3.63, 3.8) is 0 Å². The van der Waals surface area contributed by atoms with E-state index in [9.17, 15) is 4.79 Å². The van der Waals surface area contributed by atoms with Crippen molar-refractivity contribution in [3.05, 3.63) is 41.0 Å². The van der Waals surface area contributed by atoms with Gasteiger partial charge in [0.1, 0.15) is 5.75 Å². The Bertz CT molecular complexity index is 606. The minimum atomic E-state index is -0.452. The standard InChI is InChI=1S/C21H29NO2/c1-16(21(23)22-14-13-17-7-3-2-4-8-17)24-20-12-11-18-9-5-6-10-19(18)15-20/h7,11-12,15-16H,2-6,8-10,13-14H2,1H3,(H,22,23). The van der Waals surface area contributed by atoms with Crippen LogP contribution in [0.25, 0.3) is 0 Å². The molecule has 1 aromatic rings. The van der Waals surface area contributed by atoms with Crippen LogP contribution in [-0.4, -0.2) is 18.6 Å². The Morgan fingerprint density at radius 1 is 1.12 bits per heavy atom. The van der Waals surface area contributed by atoms with Crippen LogP contribution < -0.4 is 10.1 Å². The van der Waals surface area contributed by atoms with Crippen LogP contribution in [0.5, 0.6) is 5.75 Å². The van der Waals surface area contributed by atoms with Gasteiger partial charge in [-0.3, -0.25) is 4.79 Å². The monoisotopic (exact) mass is 327 g/mol. The predicted molar refractivity (Wildman–Crippen MR) is 97.4 cm³/mol. The summed E-state index contributed by atoms with van der Waals surface area (Å²) >= 11 is 0. The van der Waals surface area contributed by atoms with Crippen LogP contribution in [-0.2, 0) is 17.6 Å². The molecule has 0 aromatic heterocycles. The lowest BCUT2D eigenvalue weighted by Crippen LogP contribution is -2.37. The van der Waals surface area contributed by atoms with Gasteiger partial charge in [0.2, 0.25) is 0 Å². The van der Waals surface area contributed by atoms with E-state index in [-0.39, 0.29) is 5.91 Å².